The molecule has 0 aromatic heterocycles. The van der Waals surface area contributed by atoms with Crippen molar-refractivity contribution in [2.24, 2.45) is 0 Å². The van der Waals surface area contributed by atoms with Crippen LogP contribution < -0.4 is 0 Å². The maximum Gasteiger partial charge on any atom is 0.0587 e. The molecule has 1 N–H and O–H groups in total. The van der Waals surface area contributed by atoms with E-state index in [0.29, 0.717) is 10.0 Å². The molecule has 0 saturated carbocycles. The van der Waals surface area contributed by atoms with E-state index in [1.54, 1.807) is 6.07 Å². The summed E-state index contributed by atoms with van der Waals surface area (Å²) in [6.07, 6.45) is 2.23. The SMILES string of the molecule is OC[C@@H]1CCCN1Cc1cc(Cl)cc(Cl)c1. The smallest absolute Gasteiger partial charge is 0.0587 e. The van der Waals surface area contributed by atoms with Crippen molar-refractivity contribution < 1.29 is 5.11 Å². The molecule has 0 unspecified atom stereocenters. The van der Waals surface area contributed by atoms with E-state index in [2.05, 4.69) is 4.90 Å². The highest BCUT2D eigenvalue weighted by Crippen LogP contribution is 2.23. The van der Waals surface area contributed by atoms with Crippen LogP contribution in [0.5, 0.6) is 0 Å². The van der Waals surface area contributed by atoms with Crippen molar-refractivity contribution in [3.8, 4) is 0 Å². The lowest BCUT2D eigenvalue weighted by Crippen LogP contribution is -2.31. The van der Waals surface area contributed by atoms with Gasteiger partial charge in [0, 0.05) is 22.6 Å². The van der Waals surface area contributed by atoms with Crippen molar-refractivity contribution in [2.45, 2.75) is 25.4 Å². The Hall–Kier alpha value is -0.280. The molecule has 1 fully saturated rings. The zero-order valence-corrected chi connectivity index (χ0v) is 10.5. The molecule has 1 atom stereocenters. The van der Waals surface area contributed by atoms with Crippen molar-refractivity contribution in [3.63, 3.8) is 0 Å². The van der Waals surface area contributed by atoms with Crippen molar-refractivity contribution >= 4 is 23.2 Å². The lowest BCUT2D eigenvalue weighted by atomic mass is 10.2. The van der Waals surface area contributed by atoms with E-state index in [9.17, 15) is 5.11 Å². The van der Waals surface area contributed by atoms with E-state index in [1.807, 2.05) is 12.1 Å². The number of halogens is 2. The summed E-state index contributed by atoms with van der Waals surface area (Å²) in [7, 11) is 0. The van der Waals surface area contributed by atoms with Crippen LogP contribution in [-0.2, 0) is 6.54 Å². The van der Waals surface area contributed by atoms with Gasteiger partial charge in [-0.05, 0) is 43.1 Å². The highest BCUT2D eigenvalue weighted by atomic mass is 35.5. The molecule has 0 amide bonds. The first-order valence-corrected chi connectivity index (χ1v) is 6.24. The third-order valence-electron chi connectivity index (χ3n) is 3.02. The van der Waals surface area contributed by atoms with E-state index in [1.165, 1.54) is 0 Å². The second kappa shape index (κ2) is 5.37. The van der Waals surface area contributed by atoms with Crippen molar-refractivity contribution in [1.82, 2.24) is 4.90 Å². The Morgan fingerprint density at radius 3 is 2.56 bits per heavy atom. The van der Waals surface area contributed by atoms with Crippen LogP contribution in [-0.4, -0.2) is 29.2 Å². The van der Waals surface area contributed by atoms with E-state index in [-0.39, 0.29) is 12.6 Å². The van der Waals surface area contributed by atoms with E-state index in [0.717, 1.165) is 31.5 Å². The van der Waals surface area contributed by atoms with Crippen molar-refractivity contribution in [2.75, 3.05) is 13.2 Å². The van der Waals surface area contributed by atoms with Gasteiger partial charge in [-0.2, -0.15) is 0 Å². The lowest BCUT2D eigenvalue weighted by molar-refractivity contribution is 0.153. The number of hydrogen-bond acceptors (Lipinski definition) is 2. The zero-order valence-electron chi connectivity index (χ0n) is 9.00. The minimum atomic E-state index is 0.230. The summed E-state index contributed by atoms with van der Waals surface area (Å²) in [5.74, 6) is 0. The van der Waals surface area contributed by atoms with Crippen LogP contribution in [0.3, 0.4) is 0 Å². The summed E-state index contributed by atoms with van der Waals surface area (Å²) in [4.78, 5) is 2.28. The van der Waals surface area contributed by atoms with Crippen LogP contribution in [0, 0.1) is 0 Å². The highest BCUT2D eigenvalue weighted by molar-refractivity contribution is 6.34. The van der Waals surface area contributed by atoms with Crippen LogP contribution in [0.15, 0.2) is 18.2 Å². The Morgan fingerprint density at radius 1 is 1.25 bits per heavy atom. The largest absolute Gasteiger partial charge is 0.395 e. The monoisotopic (exact) mass is 259 g/mol. The van der Waals surface area contributed by atoms with Gasteiger partial charge in [-0.15, -0.1) is 0 Å². The summed E-state index contributed by atoms with van der Waals surface area (Å²) >= 11 is 11.9. The third kappa shape index (κ3) is 2.89. The highest BCUT2D eigenvalue weighted by Gasteiger charge is 2.23. The number of rotatable bonds is 3. The Morgan fingerprint density at radius 2 is 1.94 bits per heavy atom. The Labute approximate surface area is 106 Å². The van der Waals surface area contributed by atoms with Gasteiger partial charge in [-0.1, -0.05) is 23.2 Å². The summed E-state index contributed by atoms with van der Waals surface area (Å²) in [5.41, 5.74) is 1.11. The van der Waals surface area contributed by atoms with Crippen molar-refractivity contribution in [1.29, 1.82) is 0 Å². The standard InChI is InChI=1S/C12H15Cl2NO/c13-10-4-9(5-11(14)6-10)7-15-3-1-2-12(15)8-16/h4-6,12,16H,1-3,7-8H2/t12-/m0/s1. The summed E-state index contributed by atoms with van der Waals surface area (Å²) in [5, 5.41) is 10.6. The second-order valence-electron chi connectivity index (χ2n) is 4.23. The van der Waals surface area contributed by atoms with Gasteiger partial charge in [0.1, 0.15) is 0 Å². The molecule has 0 radical (unpaired) electrons. The van der Waals surface area contributed by atoms with Gasteiger partial charge in [0.2, 0.25) is 0 Å². The maximum absolute atomic E-state index is 9.23. The number of hydrogen-bond donors (Lipinski definition) is 1. The molecule has 4 heteroatoms. The Balaban J connectivity index is 2.08. The molecule has 1 aromatic carbocycles. The molecule has 16 heavy (non-hydrogen) atoms. The van der Waals surface area contributed by atoms with Gasteiger partial charge in [0.15, 0.2) is 0 Å². The van der Waals surface area contributed by atoms with Crippen LogP contribution in [0.2, 0.25) is 10.0 Å². The first kappa shape index (κ1) is 12.2. The van der Waals surface area contributed by atoms with Crippen LogP contribution in [0.4, 0.5) is 0 Å². The number of aliphatic hydroxyl groups is 1. The fourth-order valence-corrected chi connectivity index (χ4v) is 2.82. The Kier molecular flexibility index (Phi) is 4.09. The minimum Gasteiger partial charge on any atom is -0.395 e. The third-order valence-corrected chi connectivity index (χ3v) is 3.45. The quantitative estimate of drug-likeness (QED) is 0.903. The predicted octanol–water partition coefficient (Wildman–Crippen LogP) is 2.95. The summed E-state index contributed by atoms with van der Waals surface area (Å²) in [6, 6.07) is 5.89. The zero-order chi connectivity index (χ0) is 11.5. The van der Waals surface area contributed by atoms with Crippen LogP contribution in [0.1, 0.15) is 18.4 Å². The average Bonchev–Trinajstić information content (AvgIpc) is 2.63. The van der Waals surface area contributed by atoms with Gasteiger partial charge in [-0.3, -0.25) is 4.90 Å². The van der Waals surface area contributed by atoms with Gasteiger partial charge in [-0.25, -0.2) is 0 Å². The van der Waals surface area contributed by atoms with Crippen molar-refractivity contribution in [3.05, 3.63) is 33.8 Å². The number of benzene rings is 1. The molecular weight excluding hydrogens is 245 g/mol. The molecule has 0 aliphatic carbocycles. The fraction of sp³-hybridized carbons (Fsp3) is 0.500. The van der Waals surface area contributed by atoms with Gasteiger partial charge in [0.05, 0.1) is 6.61 Å². The molecule has 1 aliphatic rings. The molecule has 1 aromatic rings. The molecule has 2 rings (SSSR count). The minimum absolute atomic E-state index is 0.230. The second-order valence-corrected chi connectivity index (χ2v) is 5.10. The molecule has 0 spiro atoms. The van der Waals surface area contributed by atoms with E-state index in [4.69, 9.17) is 23.2 Å². The molecule has 1 heterocycles. The van der Waals surface area contributed by atoms with Crippen LogP contribution in [0.25, 0.3) is 0 Å². The van der Waals surface area contributed by atoms with Gasteiger partial charge >= 0.3 is 0 Å². The first-order chi connectivity index (χ1) is 7.69. The first-order valence-electron chi connectivity index (χ1n) is 5.49. The molecule has 0 bridgehead atoms. The lowest BCUT2D eigenvalue weighted by Gasteiger charge is -2.22. The molecule has 1 saturated heterocycles. The normalized spacial score (nSPS) is 21.6. The van der Waals surface area contributed by atoms with Gasteiger partial charge < -0.3 is 5.11 Å². The van der Waals surface area contributed by atoms with Gasteiger partial charge in [0.25, 0.3) is 0 Å². The number of nitrogens with zero attached hydrogens (tertiary/aromatic N) is 1. The van der Waals surface area contributed by atoms with Crippen LogP contribution >= 0.6 is 23.2 Å². The predicted molar refractivity (Wildman–Crippen MR) is 67.0 cm³/mol. The summed E-state index contributed by atoms with van der Waals surface area (Å²) < 4.78 is 0. The molecular formula is C12H15Cl2NO. The number of aliphatic hydroxyl groups excluding tert-OH is 1. The molecule has 2 nitrogen and oxygen atoms in total. The molecule has 88 valence electrons. The molecule has 1 aliphatic heterocycles. The maximum atomic E-state index is 9.23. The van der Waals surface area contributed by atoms with E-state index >= 15 is 0 Å². The topological polar surface area (TPSA) is 23.5 Å². The van der Waals surface area contributed by atoms with E-state index < -0.39 is 0 Å². The Bertz CT molecular complexity index is 350. The number of likely N-dealkylation sites (tertiary alicyclic amines) is 1. The fourth-order valence-electron chi connectivity index (χ4n) is 2.25. The summed E-state index contributed by atoms with van der Waals surface area (Å²) in [6.45, 7) is 2.08. The average molecular weight is 260 g/mol.